The lowest BCUT2D eigenvalue weighted by Gasteiger charge is -2.18. The Morgan fingerprint density at radius 2 is 1.59 bits per heavy atom. The molecule has 0 aromatic heterocycles. The molecule has 32 heavy (non-hydrogen) atoms. The Hall–Kier alpha value is -2.91. The van der Waals surface area contributed by atoms with Crippen LogP contribution >= 0.6 is 0 Å². The molecule has 0 aliphatic rings. The van der Waals surface area contributed by atoms with Gasteiger partial charge in [0.2, 0.25) is 10.0 Å². The molecule has 1 unspecified atom stereocenters. The van der Waals surface area contributed by atoms with Gasteiger partial charge in [-0.15, -0.1) is 0 Å². The average molecular weight is 462 g/mol. The van der Waals surface area contributed by atoms with Crippen molar-refractivity contribution in [2.45, 2.75) is 37.8 Å². The van der Waals surface area contributed by atoms with Crippen molar-refractivity contribution in [2.75, 3.05) is 32.6 Å². The summed E-state index contributed by atoms with van der Waals surface area (Å²) in [6.45, 7) is 3.64. The molecule has 0 aliphatic carbocycles. The van der Waals surface area contributed by atoms with Crippen LogP contribution in [0.4, 0.5) is 5.69 Å². The fourth-order valence-corrected chi connectivity index (χ4v) is 4.10. The third kappa shape index (κ3) is 7.06. The highest BCUT2D eigenvalue weighted by Gasteiger charge is 2.18. The Bertz CT molecular complexity index is 1020. The van der Waals surface area contributed by atoms with Gasteiger partial charge in [-0.05, 0) is 55.3 Å². The molecule has 0 fully saturated rings. The molecular formula is C23H31N3O5S. The number of nitrogens with one attached hydrogen (secondary N) is 1. The molecular weight excluding hydrogens is 430 g/mol. The molecule has 1 amide bonds. The number of ether oxygens (including phenoxy) is 1. The number of amides is 1. The van der Waals surface area contributed by atoms with Crippen LogP contribution in [0.2, 0.25) is 0 Å². The van der Waals surface area contributed by atoms with Crippen molar-refractivity contribution in [1.29, 1.82) is 0 Å². The van der Waals surface area contributed by atoms with Crippen molar-refractivity contribution in [2.24, 2.45) is 0 Å². The van der Waals surface area contributed by atoms with Gasteiger partial charge >= 0.3 is 5.97 Å². The first-order valence-electron chi connectivity index (χ1n) is 10.3. The molecule has 2 aromatic rings. The van der Waals surface area contributed by atoms with E-state index in [0.717, 1.165) is 11.3 Å². The maximum atomic E-state index is 12.3. The van der Waals surface area contributed by atoms with Gasteiger partial charge in [0.15, 0.2) is 6.61 Å². The van der Waals surface area contributed by atoms with Crippen LogP contribution in [0.25, 0.3) is 0 Å². The fraction of sp³-hybridized carbons (Fsp3) is 0.391. The molecule has 0 heterocycles. The zero-order valence-electron chi connectivity index (χ0n) is 19.2. The van der Waals surface area contributed by atoms with Gasteiger partial charge in [0, 0.05) is 39.4 Å². The number of hydrogen-bond acceptors (Lipinski definition) is 6. The van der Waals surface area contributed by atoms with E-state index in [9.17, 15) is 18.0 Å². The highest BCUT2D eigenvalue weighted by atomic mass is 32.2. The van der Waals surface area contributed by atoms with Gasteiger partial charge in [-0.25, -0.2) is 17.9 Å². The number of hydrogen-bond donors (Lipinski definition) is 1. The molecule has 174 valence electrons. The van der Waals surface area contributed by atoms with Crippen molar-refractivity contribution in [3.63, 3.8) is 0 Å². The summed E-state index contributed by atoms with van der Waals surface area (Å²) in [5.74, 6) is -1.03. The Morgan fingerprint density at radius 1 is 1.00 bits per heavy atom. The van der Waals surface area contributed by atoms with Gasteiger partial charge in [-0.3, -0.25) is 4.79 Å². The quantitative estimate of drug-likeness (QED) is 0.547. The number of sulfonamides is 1. The Morgan fingerprint density at radius 3 is 2.12 bits per heavy atom. The van der Waals surface area contributed by atoms with E-state index in [-0.39, 0.29) is 22.4 Å². The van der Waals surface area contributed by atoms with Crippen LogP contribution in [0.15, 0.2) is 53.4 Å². The van der Waals surface area contributed by atoms with Gasteiger partial charge in [-0.1, -0.05) is 19.1 Å². The number of benzene rings is 2. The number of likely N-dealkylation sites (N-methyl/N-ethyl adjacent to an activating group) is 1. The van der Waals surface area contributed by atoms with Crippen LogP contribution in [0.1, 0.15) is 36.2 Å². The van der Waals surface area contributed by atoms with Crippen LogP contribution < -0.4 is 9.62 Å². The van der Waals surface area contributed by atoms with E-state index in [1.54, 1.807) is 14.0 Å². The molecule has 9 heteroatoms. The second-order valence-electron chi connectivity index (χ2n) is 7.84. The fourth-order valence-electron chi connectivity index (χ4n) is 2.77. The lowest BCUT2D eigenvalue weighted by atomic mass is 10.2. The van der Waals surface area contributed by atoms with E-state index in [4.69, 9.17) is 4.74 Å². The molecule has 0 bridgehead atoms. The first-order chi connectivity index (χ1) is 15.0. The average Bonchev–Trinajstić information content (AvgIpc) is 2.77. The summed E-state index contributed by atoms with van der Waals surface area (Å²) in [5.41, 5.74) is 2.19. The number of carbonyl (C=O) groups is 2. The molecule has 0 spiro atoms. The summed E-state index contributed by atoms with van der Waals surface area (Å²) >= 11 is 0. The minimum atomic E-state index is -3.65. The van der Waals surface area contributed by atoms with E-state index in [1.165, 1.54) is 29.2 Å². The number of nitrogens with zero attached hydrogens (tertiary/aromatic N) is 2. The maximum Gasteiger partial charge on any atom is 0.338 e. The summed E-state index contributed by atoms with van der Waals surface area (Å²) in [7, 11) is 1.89. The Kier molecular flexibility index (Phi) is 8.80. The zero-order valence-corrected chi connectivity index (χ0v) is 20.0. The minimum Gasteiger partial charge on any atom is -0.452 e. The minimum absolute atomic E-state index is 0.0606. The molecule has 2 rings (SSSR count). The second kappa shape index (κ2) is 11.1. The van der Waals surface area contributed by atoms with Crippen molar-refractivity contribution >= 4 is 27.6 Å². The van der Waals surface area contributed by atoms with E-state index in [2.05, 4.69) is 4.72 Å². The van der Waals surface area contributed by atoms with Gasteiger partial charge in [0.05, 0.1) is 10.5 Å². The summed E-state index contributed by atoms with van der Waals surface area (Å²) in [6.07, 6.45) is 0.660. The molecule has 0 radical (unpaired) electrons. The summed E-state index contributed by atoms with van der Waals surface area (Å²) in [4.78, 5) is 28.1. The SMILES string of the molecule is CCC(C)NS(=O)(=O)c1ccc(C(=O)OCC(=O)N(C)Cc2ccc(N(C)C)cc2)cc1. The smallest absolute Gasteiger partial charge is 0.338 e. The zero-order chi connectivity index (χ0) is 23.9. The third-order valence-corrected chi connectivity index (χ3v) is 6.60. The number of esters is 1. The maximum absolute atomic E-state index is 12.3. The van der Waals surface area contributed by atoms with Gasteiger partial charge in [0.25, 0.3) is 5.91 Å². The van der Waals surface area contributed by atoms with Crippen LogP contribution in [0.5, 0.6) is 0 Å². The Balaban J connectivity index is 1.90. The number of anilines is 1. The number of carbonyl (C=O) groups excluding carboxylic acids is 2. The van der Waals surface area contributed by atoms with Crippen molar-refractivity contribution < 1.29 is 22.7 Å². The molecule has 0 aliphatic heterocycles. The highest BCUT2D eigenvalue weighted by Crippen LogP contribution is 2.14. The molecule has 1 atom stereocenters. The standard InChI is InChI=1S/C23H31N3O5S/c1-6-17(2)24-32(29,30)21-13-9-19(10-14-21)23(28)31-16-22(27)26(5)15-18-7-11-20(12-8-18)25(3)4/h7-14,17,24H,6,15-16H2,1-5H3. The molecule has 8 nitrogen and oxygen atoms in total. The van der Waals surface area contributed by atoms with E-state index < -0.39 is 22.6 Å². The molecule has 0 saturated heterocycles. The van der Waals surface area contributed by atoms with E-state index >= 15 is 0 Å². The van der Waals surface area contributed by atoms with Crippen molar-refractivity contribution in [1.82, 2.24) is 9.62 Å². The largest absolute Gasteiger partial charge is 0.452 e. The predicted octanol–water partition coefficient (Wildman–Crippen LogP) is 2.64. The van der Waals surface area contributed by atoms with Gasteiger partial charge < -0.3 is 14.5 Å². The first-order valence-corrected chi connectivity index (χ1v) is 11.8. The van der Waals surface area contributed by atoms with Crippen molar-refractivity contribution in [3.05, 3.63) is 59.7 Å². The summed E-state index contributed by atoms with van der Waals surface area (Å²) in [6, 6.07) is 13.0. The molecule has 0 saturated carbocycles. The lowest BCUT2D eigenvalue weighted by Crippen LogP contribution is -2.32. The van der Waals surface area contributed by atoms with Crippen LogP contribution in [-0.4, -0.2) is 59.0 Å². The van der Waals surface area contributed by atoms with Gasteiger partial charge in [0.1, 0.15) is 0 Å². The normalized spacial score (nSPS) is 12.2. The summed E-state index contributed by atoms with van der Waals surface area (Å²) in [5, 5.41) is 0. The third-order valence-electron chi connectivity index (χ3n) is 4.99. The number of rotatable bonds is 10. The molecule has 2 aromatic carbocycles. The van der Waals surface area contributed by atoms with Crippen LogP contribution in [0, 0.1) is 0 Å². The predicted molar refractivity (Wildman–Crippen MR) is 124 cm³/mol. The van der Waals surface area contributed by atoms with Crippen LogP contribution in [-0.2, 0) is 26.1 Å². The van der Waals surface area contributed by atoms with Gasteiger partial charge in [-0.2, -0.15) is 0 Å². The topological polar surface area (TPSA) is 96.0 Å². The summed E-state index contributed by atoms with van der Waals surface area (Å²) < 4.78 is 32.2. The lowest BCUT2D eigenvalue weighted by molar-refractivity contribution is -0.133. The van der Waals surface area contributed by atoms with Crippen molar-refractivity contribution in [3.8, 4) is 0 Å². The monoisotopic (exact) mass is 461 g/mol. The van der Waals surface area contributed by atoms with Crippen LogP contribution in [0.3, 0.4) is 0 Å². The van der Waals surface area contributed by atoms with E-state index in [1.807, 2.05) is 50.2 Å². The Labute approximate surface area is 190 Å². The highest BCUT2D eigenvalue weighted by molar-refractivity contribution is 7.89. The van der Waals surface area contributed by atoms with E-state index in [0.29, 0.717) is 13.0 Å². The molecule has 1 N–H and O–H groups in total. The first kappa shape index (κ1) is 25.4. The second-order valence-corrected chi connectivity index (χ2v) is 9.56.